The molecule has 0 heterocycles. The zero-order valence-electron chi connectivity index (χ0n) is 36.4. The maximum atomic E-state index is 12.4. The van der Waals surface area contributed by atoms with Crippen molar-refractivity contribution in [1.82, 2.24) is 5.32 Å². The zero-order valence-corrected chi connectivity index (χ0v) is 36.4. The van der Waals surface area contributed by atoms with Gasteiger partial charge in [-0.2, -0.15) is 0 Å². The molecule has 0 aromatic carbocycles. The first-order chi connectivity index (χ1) is 27.0. The number of aliphatic hydroxyl groups is 2. The molecule has 1 amide bonds. The number of aliphatic hydroxyl groups excluding tert-OH is 2. The molecule has 0 radical (unpaired) electrons. The Kier molecular flexibility index (Phi) is 43.2. The summed E-state index contributed by atoms with van der Waals surface area (Å²) < 4.78 is 5.44. The van der Waals surface area contributed by atoms with E-state index in [9.17, 15) is 19.8 Å². The highest BCUT2D eigenvalue weighted by atomic mass is 16.5. The average Bonchev–Trinajstić information content (AvgIpc) is 3.18. The minimum Gasteiger partial charge on any atom is -0.466 e. The molecule has 6 nitrogen and oxygen atoms in total. The number of rotatable bonds is 43. The van der Waals surface area contributed by atoms with E-state index in [-0.39, 0.29) is 18.5 Å². The number of carbonyl (C=O) groups is 2. The van der Waals surface area contributed by atoms with E-state index < -0.39 is 12.1 Å². The van der Waals surface area contributed by atoms with Crippen molar-refractivity contribution in [3.05, 3.63) is 36.5 Å². The van der Waals surface area contributed by atoms with Crippen LogP contribution in [0.15, 0.2) is 36.5 Å². The van der Waals surface area contributed by atoms with E-state index in [1.54, 1.807) is 6.08 Å². The van der Waals surface area contributed by atoms with Crippen LogP contribution in [0.5, 0.6) is 0 Å². The van der Waals surface area contributed by atoms with Crippen LogP contribution in [0.3, 0.4) is 0 Å². The molecule has 0 aliphatic carbocycles. The van der Waals surface area contributed by atoms with E-state index in [0.717, 1.165) is 70.6 Å². The number of esters is 1. The second-order valence-corrected chi connectivity index (χ2v) is 16.1. The summed E-state index contributed by atoms with van der Waals surface area (Å²) in [5.74, 6) is -0.107. The Balaban J connectivity index is 3.49. The first-order valence-corrected chi connectivity index (χ1v) is 23.8. The van der Waals surface area contributed by atoms with Gasteiger partial charge in [0.1, 0.15) is 0 Å². The van der Waals surface area contributed by atoms with Crippen molar-refractivity contribution in [3.63, 3.8) is 0 Å². The van der Waals surface area contributed by atoms with Gasteiger partial charge in [-0.25, -0.2) is 0 Å². The second kappa shape index (κ2) is 44.8. The van der Waals surface area contributed by atoms with Crippen molar-refractivity contribution in [2.24, 2.45) is 0 Å². The number of nitrogens with one attached hydrogen (secondary N) is 1. The van der Waals surface area contributed by atoms with Crippen LogP contribution in [0, 0.1) is 0 Å². The molecule has 0 fully saturated rings. The van der Waals surface area contributed by atoms with Crippen LogP contribution in [0.1, 0.15) is 239 Å². The third-order valence-electron chi connectivity index (χ3n) is 10.7. The highest BCUT2D eigenvalue weighted by molar-refractivity contribution is 5.76. The molecule has 0 saturated carbocycles. The summed E-state index contributed by atoms with van der Waals surface area (Å²) in [6, 6.07) is -0.637. The fourth-order valence-electron chi connectivity index (χ4n) is 6.94. The van der Waals surface area contributed by atoms with Gasteiger partial charge in [-0.05, 0) is 57.8 Å². The van der Waals surface area contributed by atoms with Gasteiger partial charge >= 0.3 is 5.97 Å². The van der Waals surface area contributed by atoms with Gasteiger partial charge in [-0.15, -0.1) is 0 Å². The Labute approximate surface area is 341 Å². The maximum Gasteiger partial charge on any atom is 0.305 e. The van der Waals surface area contributed by atoms with Crippen molar-refractivity contribution >= 4 is 11.9 Å². The number of hydrogen-bond acceptors (Lipinski definition) is 5. The molecule has 2 atom stereocenters. The van der Waals surface area contributed by atoms with Crippen LogP contribution in [0.25, 0.3) is 0 Å². The smallest absolute Gasteiger partial charge is 0.305 e. The fourth-order valence-corrected chi connectivity index (χ4v) is 6.94. The number of hydrogen-bond donors (Lipinski definition) is 3. The second-order valence-electron chi connectivity index (χ2n) is 16.1. The van der Waals surface area contributed by atoms with E-state index in [1.165, 1.54) is 141 Å². The number of amides is 1. The first kappa shape index (κ1) is 53.1. The molecular formula is C49H91NO5. The first-order valence-electron chi connectivity index (χ1n) is 23.8. The van der Waals surface area contributed by atoms with Gasteiger partial charge in [-0.3, -0.25) is 9.59 Å². The van der Waals surface area contributed by atoms with Crippen LogP contribution < -0.4 is 5.32 Å². The van der Waals surface area contributed by atoms with Gasteiger partial charge in [-0.1, -0.05) is 204 Å². The molecule has 2 unspecified atom stereocenters. The predicted molar refractivity (Wildman–Crippen MR) is 236 cm³/mol. The standard InChI is InChI=1S/C49H91NO5/c1-3-5-7-9-11-13-15-16-19-23-27-31-35-39-43-49(54)55-44-40-36-32-28-24-20-17-18-22-26-30-34-38-42-48(53)50-46(45-51)47(52)41-37-33-29-25-21-14-12-10-8-6-4-2/h9,11,15-16,37,41,46-47,51-52H,3-8,10,12-14,17-36,38-40,42-45H2,1-2H3,(H,50,53)/b11-9-,16-15-,41-37+. The summed E-state index contributed by atoms with van der Waals surface area (Å²) in [6.07, 6.45) is 52.7. The van der Waals surface area contributed by atoms with E-state index in [0.29, 0.717) is 19.4 Å². The lowest BCUT2D eigenvalue weighted by Gasteiger charge is -2.20. The summed E-state index contributed by atoms with van der Waals surface area (Å²) in [4.78, 5) is 24.4. The third-order valence-corrected chi connectivity index (χ3v) is 10.7. The highest BCUT2D eigenvalue weighted by Gasteiger charge is 2.18. The van der Waals surface area contributed by atoms with Gasteiger partial charge in [0.2, 0.25) is 5.91 Å². The summed E-state index contributed by atoms with van der Waals surface area (Å²) >= 11 is 0. The molecule has 322 valence electrons. The Morgan fingerprint density at radius 3 is 1.44 bits per heavy atom. The molecule has 0 aliphatic heterocycles. The molecule has 0 bridgehead atoms. The topological polar surface area (TPSA) is 95.9 Å². The zero-order chi connectivity index (χ0) is 40.1. The van der Waals surface area contributed by atoms with Crippen molar-refractivity contribution in [3.8, 4) is 0 Å². The number of allylic oxidation sites excluding steroid dienone is 5. The molecule has 6 heteroatoms. The molecule has 55 heavy (non-hydrogen) atoms. The van der Waals surface area contributed by atoms with Gasteiger partial charge in [0, 0.05) is 12.8 Å². The quantitative estimate of drug-likeness (QED) is 0.0326. The SMILES string of the molecule is CCCC/C=C\C/C=C\CCCCCCCC(=O)OCCCCCCCCCCCCCCCC(=O)NC(CO)C(O)/C=C/CCCCCCCCCCC. The van der Waals surface area contributed by atoms with Crippen LogP contribution in [-0.2, 0) is 14.3 Å². The van der Waals surface area contributed by atoms with Gasteiger partial charge in [0.05, 0.1) is 25.4 Å². The number of unbranched alkanes of at least 4 members (excludes halogenated alkanes) is 28. The molecule has 0 saturated heterocycles. The lowest BCUT2D eigenvalue weighted by atomic mass is 10.0. The molecule has 0 rings (SSSR count). The van der Waals surface area contributed by atoms with E-state index >= 15 is 0 Å². The monoisotopic (exact) mass is 774 g/mol. The van der Waals surface area contributed by atoms with Crippen LogP contribution in [0.2, 0.25) is 0 Å². The van der Waals surface area contributed by atoms with E-state index in [4.69, 9.17) is 4.74 Å². The largest absolute Gasteiger partial charge is 0.466 e. The lowest BCUT2D eigenvalue weighted by Crippen LogP contribution is -2.45. The Morgan fingerprint density at radius 1 is 0.509 bits per heavy atom. The number of ether oxygens (including phenoxy) is 1. The molecule has 0 aromatic rings. The van der Waals surface area contributed by atoms with Gasteiger partial charge in [0.25, 0.3) is 0 Å². The van der Waals surface area contributed by atoms with Crippen molar-refractivity contribution in [1.29, 1.82) is 0 Å². The predicted octanol–water partition coefficient (Wildman–Crippen LogP) is 13.7. The van der Waals surface area contributed by atoms with Crippen LogP contribution >= 0.6 is 0 Å². The minimum atomic E-state index is -0.852. The van der Waals surface area contributed by atoms with Crippen LogP contribution in [0.4, 0.5) is 0 Å². The number of carbonyl (C=O) groups excluding carboxylic acids is 2. The van der Waals surface area contributed by atoms with Gasteiger partial charge < -0.3 is 20.3 Å². The Bertz CT molecular complexity index is 900. The van der Waals surface area contributed by atoms with Crippen LogP contribution in [-0.4, -0.2) is 47.4 Å². The maximum absolute atomic E-state index is 12.4. The fraction of sp³-hybridized carbons (Fsp3) is 0.837. The van der Waals surface area contributed by atoms with Gasteiger partial charge in [0.15, 0.2) is 0 Å². The minimum absolute atomic E-state index is 0.0226. The molecule has 0 aromatic heterocycles. The third kappa shape index (κ3) is 41.5. The van der Waals surface area contributed by atoms with E-state index in [2.05, 4.69) is 43.5 Å². The normalized spacial score (nSPS) is 13.0. The Morgan fingerprint density at radius 2 is 0.927 bits per heavy atom. The molecular weight excluding hydrogens is 683 g/mol. The summed E-state index contributed by atoms with van der Waals surface area (Å²) in [6.45, 7) is 4.80. The van der Waals surface area contributed by atoms with Crippen molar-refractivity contribution < 1.29 is 24.5 Å². The van der Waals surface area contributed by atoms with Crippen molar-refractivity contribution in [2.45, 2.75) is 251 Å². The molecule has 0 spiro atoms. The molecule has 0 aliphatic rings. The highest BCUT2D eigenvalue weighted by Crippen LogP contribution is 2.15. The van der Waals surface area contributed by atoms with Crippen molar-refractivity contribution in [2.75, 3.05) is 13.2 Å². The molecule has 3 N–H and O–H groups in total. The summed E-state index contributed by atoms with van der Waals surface area (Å²) in [5.41, 5.74) is 0. The average molecular weight is 774 g/mol. The van der Waals surface area contributed by atoms with E-state index in [1.807, 2.05) is 6.08 Å². The Hall–Kier alpha value is -1.92. The lowest BCUT2D eigenvalue weighted by molar-refractivity contribution is -0.143. The summed E-state index contributed by atoms with van der Waals surface area (Å²) in [7, 11) is 0. The summed E-state index contributed by atoms with van der Waals surface area (Å²) in [5, 5.41) is 22.9.